The highest BCUT2D eigenvalue weighted by Gasteiger charge is 1.87. The maximum atomic E-state index is 8.47. The predicted molar refractivity (Wildman–Crippen MR) is 32.6 cm³/mol. The molecule has 0 aliphatic rings. The summed E-state index contributed by atoms with van der Waals surface area (Å²) in [6, 6.07) is 0. The number of rotatable bonds is 2. The summed E-state index contributed by atoms with van der Waals surface area (Å²) >= 11 is 0. The van der Waals surface area contributed by atoms with Gasteiger partial charge in [0, 0.05) is 0 Å². The number of nitrogens with two attached hydrogens (primary N) is 1. The van der Waals surface area contributed by atoms with Crippen molar-refractivity contribution in [1.82, 2.24) is 0 Å². The van der Waals surface area contributed by atoms with Crippen molar-refractivity contribution in [3.63, 3.8) is 0 Å². The van der Waals surface area contributed by atoms with Gasteiger partial charge in [-0.25, -0.2) is 0 Å². The van der Waals surface area contributed by atoms with Crippen LogP contribution in [0.3, 0.4) is 0 Å². The second kappa shape index (κ2) is 6.21. The van der Waals surface area contributed by atoms with E-state index in [2.05, 4.69) is 0 Å². The lowest BCUT2D eigenvalue weighted by atomic mass is 10.3. The van der Waals surface area contributed by atoms with Crippen molar-refractivity contribution in [3.8, 4) is 0 Å². The molecule has 0 amide bonds. The van der Waals surface area contributed by atoms with E-state index in [0.717, 1.165) is 0 Å². The molecular weight excluding hydrogens is 114 g/mol. The lowest BCUT2D eigenvalue weighted by molar-refractivity contribution is 0.187. The number of hydrogen-bond donors (Lipinski definition) is 2. The molecule has 0 fully saturated rings. The molecule has 0 aromatic heterocycles. The third-order valence-corrected chi connectivity index (χ3v) is 0.584. The minimum Gasteiger partial charge on any atom is -0.393 e. The van der Waals surface area contributed by atoms with Gasteiger partial charge in [-0.05, 0) is 19.9 Å². The predicted octanol–water partition coefficient (Wildman–Crippen LogP) is 0.138. The van der Waals surface area contributed by atoms with Crippen LogP contribution in [0, 0.1) is 0 Å². The Labute approximate surface area is 50.1 Å². The molecule has 1 atom stereocenters. The molecule has 0 aromatic rings. The van der Waals surface area contributed by atoms with Crippen molar-refractivity contribution >= 4 is 12.4 Å². The third-order valence-electron chi connectivity index (χ3n) is 0.584. The molecule has 0 bridgehead atoms. The molecule has 0 heterocycles. The molecular formula is C4H12ClNO. The monoisotopic (exact) mass is 125 g/mol. The lowest BCUT2D eigenvalue weighted by Crippen LogP contribution is -2.08. The quantitative estimate of drug-likeness (QED) is 0.552. The van der Waals surface area contributed by atoms with Crippen molar-refractivity contribution in [1.29, 1.82) is 0 Å². The first-order valence-electron chi connectivity index (χ1n) is 2.15. The van der Waals surface area contributed by atoms with E-state index in [4.69, 9.17) is 10.8 Å². The van der Waals surface area contributed by atoms with Crippen molar-refractivity contribution in [2.45, 2.75) is 19.4 Å². The standard InChI is InChI=1S/C4H11NO.ClH/c1-4(6)2-3-5;/h4,6H,2-3,5H2,1H3;1H. The molecule has 0 aromatic carbocycles. The van der Waals surface area contributed by atoms with Gasteiger partial charge in [-0.15, -0.1) is 12.4 Å². The second-order valence-electron chi connectivity index (χ2n) is 1.43. The summed E-state index contributed by atoms with van der Waals surface area (Å²) in [5.74, 6) is 0. The first-order chi connectivity index (χ1) is 2.77. The van der Waals surface area contributed by atoms with Crippen molar-refractivity contribution in [2.24, 2.45) is 5.73 Å². The van der Waals surface area contributed by atoms with E-state index >= 15 is 0 Å². The summed E-state index contributed by atoms with van der Waals surface area (Å²) in [6.07, 6.45) is 0.481. The van der Waals surface area contributed by atoms with Gasteiger partial charge in [0.15, 0.2) is 0 Å². The van der Waals surface area contributed by atoms with E-state index in [1.165, 1.54) is 0 Å². The van der Waals surface area contributed by atoms with Crippen LogP contribution in [0.1, 0.15) is 13.3 Å². The first kappa shape index (κ1) is 10.2. The van der Waals surface area contributed by atoms with Gasteiger partial charge in [0.05, 0.1) is 6.10 Å². The van der Waals surface area contributed by atoms with Crippen LogP contribution in [0.25, 0.3) is 0 Å². The largest absolute Gasteiger partial charge is 0.393 e. The average Bonchev–Trinajstić information content (AvgIpc) is 1.35. The maximum absolute atomic E-state index is 8.47. The fraction of sp³-hybridized carbons (Fsp3) is 1.00. The fourth-order valence-corrected chi connectivity index (χ4v) is 0.241. The van der Waals surface area contributed by atoms with E-state index in [0.29, 0.717) is 13.0 Å². The summed E-state index contributed by atoms with van der Waals surface area (Å²) in [4.78, 5) is 0. The normalized spacial score (nSPS) is 12.4. The van der Waals surface area contributed by atoms with Crippen molar-refractivity contribution < 1.29 is 5.11 Å². The average molecular weight is 126 g/mol. The molecule has 0 radical (unpaired) electrons. The topological polar surface area (TPSA) is 46.2 Å². The van der Waals surface area contributed by atoms with Crippen LogP contribution < -0.4 is 5.73 Å². The summed E-state index contributed by atoms with van der Waals surface area (Å²) in [6.45, 7) is 2.31. The van der Waals surface area contributed by atoms with Gasteiger partial charge < -0.3 is 10.8 Å². The van der Waals surface area contributed by atoms with Gasteiger partial charge >= 0.3 is 0 Å². The summed E-state index contributed by atoms with van der Waals surface area (Å²) in [5.41, 5.74) is 5.07. The van der Waals surface area contributed by atoms with Crippen LogP contribution in [-0.2, 0) is 0 Å². The molecule has 46 valence electrons. The van der Waals surface area contributed by atoms with Crippen LogP contribution in [-0.4, -0.2) is 17.8 Å². The molecule has 7 heavy (non-hydrogen) atoms. The van der Waals surface area contributed by atoms with Gasteiger partial charge in [0.25, 0.3) is 0 Å². The van der Waals surface area contributed by atoms with Gasteiger partial charge in [-0.1, -0.05) is 0 Å². The van der Waals surface area contributed by atoms with Gasteiger partial charge in [0.1, 0.15) is 0 Å². The number of aliphatic hydroxyl groups excluding tert-OH is 1. The minimum atomic E-state index is -0.227. The fourth-order valence-electron chi connectivity index (χ4n) is 0.241. The molecule has 2 nitrogen and oxygen atoms in total. The van der Waals surface area contributed by atoms with E-state index in [1.54, 1.807) is 6.92 Å². The van der Waals surface area contributed by atoms with E-state index < -0.39 is 0 Å². The SMILES string of the molecule is CC(O)CCN.Cl. The molecule has 0 spiro atoms. The van der Waals surface area contributed by atoms with Crippen LogP contribution in [0.2, 0.25) is 0 Å². The highest BCUT2D eigenvalue weighted by Crippen LogP contribution is 1.81. The van der Waals surface area contributed by atoms with Crippen molar-refractivity contribution in [2.75, 3.05) is 6.54 Å². The molecule has 0 rings (SSSR count). The Morgan fingerprint density at radius 1 is 1.71 bits per heavy atom. The Kier molecular flexibility index (Phi) is 9.09. The summed E-state index contributed by atoms with van der Waals surface area (Å²) in [5, 5.41) is 8.47. The zero-order valence-corrected chi connectivity index (χ0v) is 5.24. The summed E-state index contributed by atoms with van der Waals surface area (Å²) in [7, 11) is 0. The van der Waals surface area contributed by atoms with Crippen LogP contribution in [0.5, 0.6) is 0 Å². The zero-order chi connectivity index (χ0) is 4.99. The number of hydrogen-bond acceptors (Lipinski definition) is 2. The van der Waals surface area contributed by atoms with Crippen LogP contribution in [0.4, 0.5) is 0 Å². The molecule has 3 heteroatoms. The van der Waals surface area contributed by atoms with E-state index in [-0.39, 0.29) is 18.5 Å². The highest BCUT2D eigenvalue weighted by molar-refractivity contribution is 5.85. The Morgan fingerprint density at radius 3 is 2.14 bits per heavy atom. The molecule has 0 aliphatic heterocycles. The second-order valence-corrected chi connectivity index (χ2v) is 1.43. The molecule has 0 aliphatic carbocycles. The maximum Gasteiger partial charge on any atom is 0.0524 e. The lowest BCUT2D eigenvalue weighted by Gasteiger charge is -1.95. The Balaban J connectivity index is 0. The minimum absolute atomic E-state index is 0. The van der Waals surface area contributed by atoms with E-state index in [9.17, 15) is 0 Å². The summed E-state index contributed by atoms with van der Waals surface area (Å²) < 4.78 is 0. The molecule has 0 saturated carbocycles. The smallest absolute Gasteiger partial charge is 0.0524 e. The van der Waals surface area contributed by atoms with Gasteiger partial charge in [0.2, 0.25) is 0 Å². The third kappa shape index (κ3) is 10.7. The molecule has 1 unspecified atom stereocenters. The molecule has 3 N–H and O–H groups in total. The van der Waals surface area contributed by atoms with Gasteiger partial charge in [-0.2, -0.15) is 0 Å². The first-order valence-corrected chi connectivity index (χ1v) is 2.15. The number of halogens is 1. The van der Waals surface area contributed by atoms with Gasteiger partial charge in [-0.3, -0.25) is 0 Å². The Morgan fingerprint density at radius 2 is 2.14 bits per heavy atom. The molecule has 0 saturated heterocycles. The zero-order valence-electron chi connectivity index (χ0n) is 4.42. The van der Waals surface area contributed by atoms with Crippen molar-refractivity contribution in [3.05, 3.63) is 0 Å². The van der Waals surface area contributed by atoms with Crippen LogP contribution >= 0.6 is 12.4 Å². The van der Waals surface area contributed by atoms with Crippen LogP contribution in [0.15, 0.2) is 0 Å². The number of aliphatic hydroxyl groups is 1. The highest BCUT2D eigenvalue weighted by atomic mass is 35.5. The Hall–Kier alpha value is 0.210. The van der Waals surface area contributed by atoms with E-state index in [1.807, 2.05) is 0 Å². The Bertz CT molecular complexity index is 32.9.